The molecule has 0 aliphatic heterocycles. The normalized spacial score (nSPS) is 11.7. The molecular formula is C36H22N2. The average molecular weight is 483 g/mol. The molecule has 6 aromatic carbocycles. The first kappa shape index (κ1) is 21.0. The number of hydrogen-bond donors (Lipinski definition) is 0. The van der Waals surface area contributed by atoms with Gasteiger partial charge in [-0.1, -0.05) is 97.1 Å². The first-order valence-electron chi connectivity index (χ1n) is 12.9. The van der Waals surface area contributed by atoms with Crippen molar-refractivity contribution in [1.29, 1.82) is 0 Å². The van der Waals surface area contributed by atoms with E-state index in [1.807, 2.05) is 12.4 Å². The van der Waals surface area contributed by atoms with Crippen LogP contribution < -0.4 is 0 Å². The number of fused-ring (bicyclic) bond motifs is 7. The molecule has 0 saturated heterocycles. The Hall–Kier alpha value is -5.08. The van der Waals surface area contributed by atoms with Gasteiger partial charge in [-0.05, 0) is 78.5 Å². The molecule has 8 aromatic rings. The minimum absolute atomic E-state index is 0.757. The van der Waals surface area contributed by atoms with E-state index in [1.54, 1.807) is 0 Å². The quantitative estimate of drug-likeness (QED) is 0.229. The predicted octanol–water partition coefficient (Wildman–Crippen LogP) is 9.58. The molecular weight excluding hydrogens is 460 g/mol. The predicted molar refractivity (Wildman–Crippen MR) is 160 cm³/mol. The lowest BCUT2D eigenvalue weighted by Gasteiger charge is -2.13. The van der Waals surface area contributed by atoms with Gasteiger partial charge in [-0.2, -0.15) is 0 Å². The van der Waals surface area contributed by atoms with Crippen LogP contribution in [0.1, 0.15) is 0 Å². The molecule has 0 aliphatic carbocycles. The Labute approximate surface area is 219 Å². The summed E-state index contributed by atoms with van der Waals surface area (Å²) in [6.07, 6.45) is 3.91. The Bertz CT molecular complexity index is 2040. The highest BCUT2D eigenvalue weighted by Gasteiger charge is 2.12. The van der Waals surface area contributed by atoms with Crippen molar-refractivity contribution in [3.05, 3.63) is 134 Å². The maximum atomic E-state index is 4.78. The Morgan fingerprint density at radius 1 is 0.342 bits per heavy atom. The first-order chi connectivity index (χ1) is 18.8. The summed E-state index contributed by atoms with van der Waals surface area (Å²) in [5, 5.41) is 11.0. The van der Waals surface area contributed by atoms with Crippen molar-refractivity contribution in [2.45, 2.75) is 0 Å². The van der Waals surface area contributed by atoms with Gasteiger partial charge in [0.15, 0.2) is 5.65 Å². The van der Waals surface area contributed by atoms with Crippen LogP contribution in [0, 0.1) is 0 Å². The molecule has 0 bridgehead atoms. The number of aromatic nitrogens is 2. The topological polar surface area (TPSA) is 25.8 Å². The number of nitrogens with zero attached hydrogens (tertiary/aromatic N) is 2. The summed E-state index contributed by atoms with van der Waals surface area (Å²) in [4.78, 5) is 9.56. The molecule has 38 heavy (non-hydrogen) atoms. The van der Waals surface area contributed by atoms with Crippen LogP contribution >= 0.6 is 0 Å². The number of pyridine rings is 2. The molecule has 0 saturated carbocycles. The van der Waals surface area contributed by atoms with Crippen LogP contribution in [0.25, 0.3) is 76.4 Å². The summed E-state index contributed by atoms with van der Waals surface area (Å²) >= 11 is 0. The monoisotopic (exact) mass is 482 g/mol. The summed E-state index contributed by atoms with van der Waals surface area (Å²) in [5.74, 6) is 0. The summed E-state index contributed by atoms with van der Waals surface area (Å²) in [6, 6.07) is 43.5. The van der Waals surface area contributed by atoms with Gasteiger partial charge in [0, 0.05) is 28.9 Å². The van der Waals surface area contributed by atoms with E-state index in [0.717, 1.165) is 22.2 Å². The molecule has 2 heterocycles. The number of rotatable bonds is 2. The van der Waals surface area contributed by atoms with Crippen LogP contribution in [-0.2, 0) is 0 Å². The third-order valence-corrected chi connectivity index (χ3v) is 7.69. The molecule has 8 rings (SSSR count). The van der Waals surface area contributed by atoms with Gasteiger partial charge in [0.1, 0.15) is 0 Å². The lowest BCUT2D eigenvalue weighted by molar-refractivity contribution is 1.29. The summed E-state index contributed by atoms with van der Waals surface area (Å²) in [7, 11) is 0. The van der Waals surface area contributed by atoms with Crippen molar-refractivity contribution in [2.75, 3.05) is 0 Å². The Morgan fingerprint density at radius 3 is 1.21 bits per heavy atom. The molecule has 2 nitrogen and oxygen atoms in total. The van der Waals surface area contributed by atoms with Gasteiger partial charge < -0.3 is 0 Å². The van der Waals surface area contributed by atoms with Crippen molar-refractivity contribution < 1.29 is 0 Å². The van der Waals surface area contributed by atoms with E-state index >= 15 is 0 Å². The van der Waals surface area contributed by atoms with Gasteiger partial charge in [0.2, 0.25) is 0 Å². The Balaban J connectivity index is 1.36. The van der Waals surface area contributed by atoms with E-state index in [9.17, 15) is 0 Å². The van der Waals surface area contributed by atoms with Crippen LogP contribution in [0.3, 0.4) is 0 Å². The molecule has 0 spiro atoms. The summed E-state index contributed by atoms with van der Waals surface area (Å²) in [5.41, 5.74) is 5.33. The average Bonchev–Trinajstić information content (AvgIpc) is 2.99. The molecule has 0 aliphatic rings. The van der Waals surface area contributed by atoms with Crippen molar-refractivity contribution >= 4 is 54.1 Å². The molecule has 0 fully saturated rings. The van der Waals surface area contributed by atoms with Crippen LogP contribution in [0.2, 0.25) is 0 Å². The molecule has 0 N–H and O–H groups in total. The number of benzene rings is 6. The molecule has 0 atom stereocenters. The second-order valence-electron chi connectivity index (χ2n) is 9.88. The fourth-order valence-corrected chi connectivity index (χ4v) is 5.90. The van der Waals surface area contributed by atoms with E-state index in [4.69, 9.17) is 9.97 Å². The van der Waals surface area contributed by atoms with Crippen LogP contribution in [0.5, 0.6) is 0 Å². The second kappa shape index (κ2) is 8.22. The fourth-order valence-electron chi connectivity index (χ4n) is 5.90. The molecule has 2 aromatic heterocycles. The molecule has 176 valence electrons. The smallest absolute Gasteiger partial charge is 0.159 e. The van der Waals surface area contributed by atoms with E-state index in [1.165, 1.54) is 54.2 Å². The Kier molecular flexibility index (Phi) is 4.55. The van der Waals surface area contributed by atoms with Gasteiger partial charge in [-0.25, -0.2) is 9.97 Å². The highest BCUT2D eigenvalue weighted by Crippen LogP contribution is 2.38. The zero-order valence-corrected chi connectivity index (χ0v) is 20.6. The lowest BCUT2D eigenvalue weighted by atomic mass is 9.92. The van der Waals surface area contributed by atoms with Crippen LogP contribution in [0.15, 0.2) is 134 Å². The van der Waals surface area contributed by atoms with Gasteiger partial charge in [0.05, 0.1) is 0 Å². The van der Waals surface area contributed by atoms with E-state index in [-0.39, 0.29) is 0 Å². The van der Waals surface area contributed by atoms with Gasteiger partial charge in [-0.3, -0.25) is 0 Å². The van der Waals surface area contributed by atoms with Crippen molar-refractivity contribution in [1.82, 2.24) is 9.97 Å². The zero-order chi connectivity index (χ0) is 25.1. The van der Waals surface area contributed by atoms with Crippen LogP contribution in [0.4, 0.5) is 0 Å². The number of hydrogen-bond acceptors (Lipinski definition) is 2. The highest BCUT2D eigenvalue weighted by molar-refractivity contribution is 6.15. The van der Waals surface area contributed by atoms with Gasteiger partial charge >= 0.3 is 0 Å². The van der Waals surface area contributed by atoms with Gasteiger partial charge in [-0.15, -0.1) is 0 Å². The molecule has 0 unspecified atom stereocenters. The van der Waals surface area contributed by atoms with Crippen molar-refractivity contribution in [3.63, 3.8) is 0 Å². The maximum Gasteiger partial charge on any atom is 0.159 e. The van der Waals surface area contributed by atoms with Gasteiger partial charge in [0.25, 0.3) is 0 Å². The minimum Gasteiger partial charge on any atom is -0.236 e. The first-order valence-corrected chi connectivity index (χ1v) is 12.9. The van der Waals surface area contributed by atoms with Crippen LogP contribution in [-0.4, -0.2) is 9.97 Å². The van der Waals surface area contributed by atoms with E-state index in [2.05, 4.69) is 121 Å². The van der Waals surface area contributed by atoms with Crippen molar-refractivity contribution in [2.24, 2.45) is 0 Å². The SMILES string of the molecule is c1ccc2c(c1)cc(-c1cnc3ncc(-c4cc5ccccc5c5ccccc45)cc3c1)c1ccccc12. The minimum atomic E-state index is 0.757. The maximum absolute atomic E-state index is 4.78. The summed E-state index contributed by atoms with van der Waals surface area (Å²) < 4.78 is 0. The second-order valence-corrected chi connectivity index (χ2v) is 9.88. The van der Waals surface area contributed by atoms with E-state index < -0.39 is 0 Å². The standard InChI is InChI=1S/C36H22N2/c1-3-11-28-23(9-1)19-34(32-15-7-5-13-30(28)32)26-17-25-18-27(22-38-36(25)37-21-26)35-20-24-10-2-4-12-29(24)31-14-6-8-16-33(31)35/h1-22H. The highest BCUT2D eigenvalue weighted by atomic mass is 14.8. The molecule has 2 heteroatoms. The summed E-state index contributed by atoms with van der Waals surface area (Å²) in [6.45, 7) is 0. The largest absolute Gasteiger partial charge is 0.236 e. The fraction of sp³-hybridized carbons (Fsp3) is 0. The molecule has 0 amide bonds. The lowest BCUT2D eigenvalue weighted by Crippen LogP contribution is -1.90. The Morgan fingerprint density at radius 2 is 0.737 bits per heavy atom. The van der Waals surface area contributed by atoms with E-state index in [0.29, 0.717) is 0 Å². The molecule has 0 radical (unpaired) electrons. The third kappa shape index (κ3) is 3.21. The zero-order valence-electron chi connectivity index (χ0n) is 20.6. The van der Waals surface area contributed by atoms with Crippen molar-refractivity contribution in [3.8, 4) is 22.3 Å². The third-order valence-electron chi connectivity index (χ3n) is 7.69.